The average molecular weight is 372 g/mol. The second kappa shape index (κ2) is 6.59. The van der Waals surface area contributed by atoms with Crippen molar-refractivity contribution in [3.63, 3.8) is 0 Å². The highest BCUT2D eigenvalue weighted by Crippen LogP contribution is 2.40. The van der Waals surface area contributed by atoms with E-state index in [1.165, 1.54) is 18.4 Å². The lowest BCUT2D eigenvalue weighted by molar-refractivity contribution is 0.465. The van der Waals surface area contributed by atoms with E-state index in [0.29, 0.717) is 17.5 Å². The molecule has 1 aliphatic carbocycles. The van der Waals surface area contributed by atoms with E-state index in [1.54, 1.807) is 6.20 Å². The SMILES string of the molecule is Cc1cc(C)c2ncc(C#N)c(N3CCC(c4nncn4C4CC4)CC3)c2c1. The summed E-state index contributed by atoms with van der Waals surface area (Å²) in [5.74, 6) is 1.59. The normalized spacial score (nSPS) is 17.8. The number of aryl methyl sites for hydroxylation is 2. The highest BCUT2D eigenvalue weighted by molar-refractivity contribution is 5.96. The van der Waals surface area contributed by atoms with E-state index in [9.17, 15) is 5.26 Å². The van der Waals surface area contributed by atoms with Gasteiger partial charge in [-0.05, 0) is 51.2 Å². The zero-order valence-electron chi connectivity index (χ0n) is 16.4. The molecule has 0 amide bonds. The molecule has 0 atom stereocenters. The van der Waals surface area contributed by atoms with Crippen LogP contribution in [-0.4, -0.2) is 32.8 Å². The summed E-state index contributed by atoms with van der Waals surface area (Å²) >= 11 is 0. The Morgan fingerprint density at radius 3 is 2.61 bits per heavy atom. The van der Waals surface area contributed by atoms with Crippen LogP contribution in [0.2, 0.25) is 0 Å². The summed E-state index contributed by atoms with van der Waals surface area (Å²) in [6, 6.07) is 7.30. The average Bonchev–Trinajstić information content (AvgIpc) is 3.43. The van der Waals surface area contributed by atoms with Gasteiger partial charge >= 0.3 is 0 Å². The molecule has 6 nitrogen and oxygen atoms in total. The molecule has 0 N–H and O–H groups in total. The van der Waals surface area contributed by atoms with Gasteiger partial charge in [-0.25, -0.2) is 0 Å². The van der Waals surface area contributed by atoms with Gasteiger partial charge in [-0.1, -0.05) is 11.6 Å². The maximum absolute atomic E-state index is 9.72. The van der Waals surface area contributed by atoms with E-state index in [4.69, 9.17) is 0 Å². The van der Waals surface area contributed by atoms with Gasteiger partial charge in [0.15, 0.2) is 0 Å². The van der Waals surface area contributed by atoms with E-state index in [1.807, 2.05) is 6.33 Å². The Balaban J connectivity index is 1.47. The minimum absolute atomic E-state index is 0.446. The van der Waals surface area contributed by atoms with Crippen LogP contribution >= 0.6 is 0 Å². The monoisotopic (exact) mass is 372 g/mol. The molecule has 2 aromatic heterocycles. The zero-order chi connectivity index (χ0) is 19.3. The van der Waals surface area contributed by atoms with Gasteiger partial charge in [-0.3, -0.25) is 4.98 Å². The molecular weight excluding hydrogens is 348 g/mol. The number of piperidine rings is 1. The first-order valence-corrected chi connectivity index (χ1v) is 10.1. The number of fused-ring (bicyclic) bond motifs is 1. The van der Waals surface area contributed by atoms with Gasteiger partial charge in [0.2, 0.25) is 0 Å². The van der Waals surface area contributed by atoms with Crippen LogP contribution in [-0.2, 0) is 0 Å². The number of nitrogens with zero attached hydrogens (tertiary/aromatic N) is 6. The first-order chi connectivity index (χ1) is 13.7. The molecule has 2 aliphatic rings. The fraction of sp³-hybridized carbons (Fsp3) is 0.455. The molecule has 0 spiro atoms. The van der Waals surface area contributed by atoms with Gasteiger partial charge in [-0.15, -0.1) is 10.2 Å². The number of nitriles is 1. The van der Waals surface area contributed by atoms with Gasteiger partial charge in [0.25, 0.3) is 0 Å². The number of hydrogen-bond acceptors (Lipinski definition) is 5. The molecular formula is C22H24N6. The topological polar surface area (TPSA) is 70.6 Å². The molecule has 1 saturated carbocycles. The Labute approximate surface area is 164 Å². The van der Waals surface area contributed by atoms with Crippen LogP contribution in [0.5, 0.6) is 0 Å². The van der Waals surface area contributed by atoms with Crippen LogP contribution in [0.1, 0.15) is 60.2 Å². The third-order valence-electron chi connectivity index (χ3n) is 6.12. The molecule has 6 heteroatoms. The fourth-order valence-corrected chi connectivity index (χ4v) is 4.61. The lowest BCUT2D eigenvalue weighted by Crippen LogP contribution is -2.34. The van der Waals surface area contributed by atoms with E-state index in [2.05, 4.69) is 56.7 Å². The maximum atomic E-state index is 9.72. The molecule has 28 heavy (non-hydrogen) atoms. The molecule has 3 heterocycles. The Hall–Kier alpha value is -2.94. The Bertz CT molecular complexity index is 1080. The molecule has 0 bridgehead atoms. The molecule has 5 rings (SSSR count). The molecule has 2 fully saturated rings. The summed E-state index contributed by atoms with van der Waals surface area (Å²) in [6.07, 6.45) is 8.19. The molecule has 1 saturated heterocycles. The zero-order valence-corrected chi connectivity index (χ0v) is 16.4. The molecule has 1 aliphatic heterocycles. The van der Waals surface area contributed by atoms with Crippen LogP contribution in [0.25, 0.3) is 10.9 Å². The van der Waals surface area contributed by atoms with Gasteiger partial charge in [0.1, 0.15) is 18.2 Å². The summed E-state index contributed by atoms with van der Waals surface area (Å²) in [6.45, 7) is 6.03. The number of anilines is 1. The molecule has 0 radical (unpaired) electrons. The Kier molecular flexibility index (Phi) is 4.04. The fourth-order valence-electron chi connectivity index (χ4n) is 4.61. The third kappa shape index (κ3) is 2.82. The van der Waals surface area contributed by atoms with Crippen LogP contribution in [0, 0.1) is 25.2 Å². The number of aromatic nitrogens is 4. The van der Waals surface area contributed by atoms with Gasteiger partial charge in [0.05, 0.1) is 16.8 Å². The highest BCUT2D eigenvalue weighted by atomic mass is 15.3. The van der Waals surface area contributed by atoms with Crippen molar-refractivity contribution >= 4 is 16.6 Å². The largest absolute Gasteiger partial charge is 0.370 e. The minimum Gasteiger partial charge on any atom is -0.370 e. The molecule has 3 aromatic rings. The second-order valence-corrected chi connectivity index (χ2v) is 8.20. The van der Waals surface area contributed by atoms with E-state index < -0.39 is 0 Å². The van der Waals surface area contributed by atoms with E-state index >= 15 is 0 Å². The summed E-state index contributed by atoms with van der Waals surface area (Å²) in [4.78, 5) is 6.94. The van der Waals surface area contributed by atoms with Crippen LogP contribution in [0.15, 0.2) is 24.7 Å². The summed E-state index contributed by atoms with van der Waals surface area (Å²) in [7, 11) is 0. The van der Waals surface area contributed by atoms with Gasteiger partial charge in [-0.2, -0.15) is 5.26 Å². The van der Waals surface area contributed by atoms with Gasteiger partial charge < -0.3 is 9.47 Å². The maximum Gasteiger partial charge on any atom is 0.136 e. The van der Waals surface area contributed by atoms with E-state index in [-0.39, 0.29) is 0 Å². The van der Waals surface area contributed by atoms with Crippen molar-refractivity contribution < 1.29 is 0 Å². The van der Waals surface area contributed by atoms with Crippen molar-refractivity contribution in [2.75, 3.05) is 18.0 Å². The predicted molar refractivity (Wildman–Crippen MR) is 108 cm³/mol. The van der Waals surface area contributed by atoms with Crippen molar-refractivity contribution in [1.82, 2.24) is 19.7 Å². The summed E-state index contributed by atoms with van der Waals surface area (Å²) in [5.41, 5.74) is 5.07. The number of benzene rings is 1. The quantitative estimate of drug-likeness (QED) is 0.694. The van der Waals surface area contributed by atoms with Crippen LogP contribution in [0.4, 0.5) is 5.69 Å². The number of hydrogen-bond donors (Lipinski definition) is 0. The van der Waals surface area contributed by atoms with Crippen molar-refractivity contribution in [3.05, 3.63) is 47.2 Å². The predicted octanol–water partition coefficient (Wildman–Crippen LogP) is 4.03. The van der Waals surface area contributed by atoms with Crippen molar-refractivity contribution in [1.29, 1.82) is 5.26 Å². The Morgan fingerprint density at radius 2 is 1.89 bits per heavy atom. The highest BCUT2D eigenvalue weighted by Gasteiger charge is 2.31. The molecule has 0 unspecified atom stereocenters. The first-order valence-electron chi connectivity index (χ1n) is 10.1. The first kappa shape index (κ1) is 17.2. The third-order valence-corrected chi connectivity index (χ3v) is 6.12. The minimum atomic E-state index is 0.446. The van der Waals surface area contributed by atoms with Crippen molar-refractivity contribution in [2.24, 2.45) is 0 Å². The standard InChI is InChI=1S/C22H24N6/c1-14-9-15(2)20-19(10-14)21(17(11-23)12-24-20)27-7-5-16(6-8-27)22-26-25-13-28(22)18-3-4-18/h9-10,12-13,16,18H,3-8H2,1-2H3. The lowest BCUT2D eigenvalue weighted by atomic mass is 9.94. The van der Waals surface area contributed by atoms with E-state index in [0.717, 1.165) is 53.9 Å². The van der Waals surface area contributed by atoms with Crippen molar-refractivity contribution in [3.8, 4) is 6.07 Å². The summed E-state index contributed by atoms with van der Waals surface area (Å²) < 4.78 is 2.29. The number of rotatable bonds is 3. The second-order valence-electron chi connectivity index (χ2n) is 8.20. The lowest BCUT2D eigenvalue weighted by Gasteiger charge is -2.34. The Morgan fingerprint density at radius 1 is 1.11 bits per heavy atom. The molecule has 142 valence electrons. The van der Waals surface area contributed by atoms with Crippen LogP contribution < -0.4 is 4.90 Å². The van der Waals surface area contributed by atoms with Crippen molar-refractivity contribution in [2.45, 2.75) is 51.5 Å². The van der Waals surface area contributed by atoms with Gasteiger partial charge in [0, 0.05) is 36.6 Å². The molecule has 1 aromatic carbocycles. The number of pyridine rings is 1. The summed E-state index contributed by atoms with van der Waals surface area (Å²) in [5, 5.41) is 19.4. The van der Waals surface area contributed by atoms with Crippen LogP contribution in [0.3, 0.4) is 0 Å². The smallest absolute Gasteiger partial charge is 0.136 e.